The van der Waals surface area contributed by atoms with Gasteiger partial charge in [-0.15, -0.1) is 0 Å². The summed E-state index contributed by atoms with van der Waals surface area (Å²) in [5, 5.41) is 14.1. The maximum atomic E-state index is 13.9. The van der Waals surface area contributed by atoms with Crippen LogP contribution in [-0.2, 0) is 23.9 Å². The molecule has 8 nitrogen and oxygen atoms in total. The zero-order valence-electron chi connectivity index (χ0n) is 21.1. The highest BCUT2D eigenvalue weighted by molar-refractivity contribution is 6.07. The summed E-state index contributed by atoms with van der Waals surface area (Å²) in [6.45, 7) is 2.58. The first-order chi connectivity index (χ1) is 17.9. The summed E-state index contributed by atoms with van der Waals surface area (Å²) in [7, 11) is 1.92. The van der Waals surface area contributed by atoms with Crippen LogP contribution in [0.25, 0.3) is 11.0 Å². The zero-order chi connectivity index (χ0) is 26.0. The van der Waals surface area contributed by atoms with Crippen LogP contribution in [-0.4, -0.2) is 49.4 Å². The lowest BCUT2D eigenvalue weighted by Gasteiger charge is -2.38. The number of piperidine rings is 1. The number of hydrogen-bond acceptors (Lipinski definition) is 5. The van der Waals surface area contributed by atoms with Gasteiger partial charge in [-0.05, 0) is 42.7 Å². The number of hydrogen-bond donors (Lipinski definition) is 2. The van der Waals surface area contributed by atoms with Crippen molar-refractivity contribution in [2.24, 2.45) is 7.05 Å². The zero-order valence-corrected chi connectivity index (χ0v) is 21.1. The molecule has 2 aromatic carbocycles. The van der Waals surface area contributed by atoms with Crippen molar-refractivity contribution in [3.63, 3.8) is 0 Å². The molecule has 4 aromatic rings. The van der Waals surface area contributed by atoms with E-state index in [1.54, 1.807) is 24.1 Å². The van der Waals surface area contributed by atoms with E-state index in [2.05, 4.69) is 22.4 Å². The van der Waals surface area contributed by atoms with Crippen molar-refractivity contribution >= 4 is 28.5 Å². The minimum atomic E-state index is -1.06. The summed E-state index contributed by atoms with van der Waals surface area (Å²) in [6, 6.07) is 19.1. The number of pyridine rings is 1. The fraction of sp³-hybridized carbons (Fsp3) is 0.310. The van der Waals surface area contributed by atoms with Gasteiger partial charge in [0, 0.05) is 44.9 Å². The summed E-state index contributed by atoms with van der Waals surface area (Å²) in [5.41, 5.74) is 3.13. The Morgan fingerprint density at radius 3 is 2.46 bits per heavy atom. The number of fused-ring (bicyclic) bond motifs is 1. The molecule has 8 heteroatoms. The Balaban J connectivity index is 1.48. The lowest BCUT2D eigenvalue weighted by atomic mass is 9.87. The number of aryl methyl sites for hydroxylation is 1. The molecule has 0 atom stereocenters. The Morgan fingerprint density at radius 1 is 1.05 bits per heavy atom. The second-order valence-electron chi connectivity index (χ2n) is 9.58. The molecule has 2 N–H and O–H groups in total. The molecule has 0 bridgehead atoms. The van der Waals surface area contributed by atoms with Crippen LogP contribution in [0.3, 0.4) is 0 Å². The van der Waals surface area contributed by atoms with E-state index in [1.807, 2.05) is 54.1 Å². The van der Waals surface area contributed by atoms with Gasteiger partial charge in [-0.3, -0.25) is 14.6 Å². The fourth-order valence-corrected chi connectivity index (χ4v) is 4.97. The molecule has 2 amide bonds. The van der Waals surface area contributed by atoms with E-state index in [-0.39, 0.29) is 11.8 Å². The van der Waals surface area contributed by atoms with Crippen molar-refractivity contribution in [3.05, 3.63) is 89.5 Å². The lowest BCUT2D eigenvalue weighted by molar-refractivity contribution is -0.115. The molecule has 0 aliphatic carbocycles. The van der Waals surface area contributed by atoms with Gasteiger partial charge < -0.3 is 19.9 Å². The number of nitrogens with zero attached hydrogens (tertiary/aromatic N) is 4. The summed E-state index contributed by atoms with van der Waals surface area (Å²) in [6.07, 6.45) is 3.43. The number of benzene rings is 2. The van der Waals surface area contributed by atoms with Crippen LogP contribution in [0.2, 0.25) is 0 Å². The average Bonchev–Trinajstić information content (AvgIpc) is 3.23. The van der Waals surface area contributed by atoms with E-state index < -0.39 is 5.60 Å². The molecule has 1 aliphatic heterocycles. The number of aromatic nitrogens is 3. The first-order valence-electron chi connectivity index (χ1n) is 12.6. The van der Waals surface area contributed by atoms with Crippen LogP contribution in [0.4, 0.5) is 5.69 Å². The second-order valence-corrected chi connectivity index (χ2v) is 9.58. The topological polar surface area (TPSA) is 100 Å². The number of nitrogens with one attached hydrogen (secondary N) is 1. The summed E-state index contributed by atoms with van der Waals surface area (Å²) < 4.78 is 1.97. The van der Waals surface area contributed by atoms with Gasteiger partial charge in [0.15, 0.2) is 0 Å². The fourth-order valence-electron chi connectivity index (χ4n) is 4.97. The maximum Gasteiger partial charge on any atom is 0.256 e. The highest BCUT2D eigenvalue weighted by Crippen LogP contribution is 2.33. The lowest BCUT2D eigenvalue weighted by Crippen LogP contribution is -2.45. The molecule has 1 saturated heterocycles. The molecule has 37 heavy (non-hydrogen) atoms. The third-order valence-electron chi connectivity index (χ3n) is 7.12. The largest absolute Gasteiger partial charge is 0.383 e. The quantitative estimate of drug-likeness (QED) is 0.419. The van der Waals surface area contributed by atoms with Gasteiger partial charge in [0.05, 0.1) is 22.3 Å². The predicted octanol–water partition coefficient (Wildman–Crippen LogP) is 4.03. The van der Waals surface area contributed by atoms with Gasteiger partial charge in [-0.2, -0.15) is 0 Å². The Kier molecular flexibility index (Phi) is 6.76. The normalized spacial score (nSPS) is 15.1. The minimum Gasteiger partial charge on any atom is -0.383 e. The van der Waals surface area contributed by atoms with Crippen LogP contribution >= 0.6 is 0 Å². The summed E-state index contributed by atoms with van der Waals surface area (Å²) in [5.74, 6) is 0.559. The van der Waals surface area contributed by atoms with Crippen molar-refractivity contribution in [1.29, 1.82) is 0 Å². The van der Waals surface area contributed by atoms with Crippen LogP contribution in [0, 0.1) is 0 Å². The Hall–Kier alpha value is -4.04. The first kappa shape index (κ1) is 24.6. The van der Waals surface area contributed by atoms with E-state index in [0.29, 0.717) is 61.2 Å². The molecular weight excluding hydrogens is 466 g/mol. The van der Waals surface area contributed by atoms with Crippen LogP contribution in [0.1, 0.15) is 53.6 Å². The predicted molar refractivity (Wildman–Crippen MR) is 142 cm³/mol. The van der Waals surface area contributed by atoms with Crippen molar-refractivity contribution < 1.29 is 14.7 Å². The number of aliphatic hydroxyl groups is 1. The number of carbonyl (C=O) groups is 2. The smallest absolute Gasteiger partial charge is 0.256 e. The summed E-state index contributed by atoms with van der Waals surface area (Å²) in [4.78, 5) is 37.0. The molecular formula is C29H31N5O3. The summed E-state index contributed by atoms with van der Waals surface area (Å²) >= 11 is 0. The molecule has 0 spiro atoms. The van der Waals surface area contributed by atoms with Crippen LogP contribution in [0.5, 0.6) is 0 Å². The highest BCUT2D eigenvalue weighted by atomic mass is 16.3. The Morgan fingerprint density at radius 2 is 1.78 bits per heavy atom. The standard InChI is InChI=1S/C29H31N5O3/c1-3-26(35)31-21-18-22(27-23(19-21)32-25(33(27)2)17-20-9-5-4-6-10-20)28(36)34-15-12-29(37,13-16-34)24-11-7-8-14-30-24/h4-11,14,18-19,37H,3,12-13,15-17H2,1-2H3,(H,31,35). The molecule has 0 saturated carbocycles. The molecule has 0 unspecified atom stereocenters. The van der Waals surface area contributed by atoms with Gasteiger partial charge in [-0.25, -0.2) is 4.98 Å². The molecule has 0 radical (unpaired) electrons. The van der Waals surface area contributed by atoms with Crippen LogP contribution in [0.15, 0.2) is 66.9 Å². The van der Waals surface area contributed by atoms with E-state index in [4.69, 9.17) is 4.98 Å². The molecule has 2 aromatic heterocycles. The molecule has 3 heterocycles. The van der Waals surface area contributed by atoms with E-state index in [1.165, 1.54) is 0 Å². The van der Waals surface area contributed by atoms with Gasteiger partial charge in [0.2, 0.25) is 5.91 Å². The monoisotopic (exact) mass is 497 g/mol. The molecule has 5 rings (SSSR count). The van der Waals surface area contributed by atoms with Crippen molar-refractivity contribution in [1.82, 2.24) is 19.4 Å². The van der Waals surface area contributed by atoms with Crippen molar-refractivity contribution in [2.45, 2.75) is 38.2 Å². The number of amides is 2. The van der Waals surface area contributed by atoms with Gasteiger partial charge >= 0.3 is 0 Å². The van der Waals surface area contributed by atoms with Crippen molar-refractivity contribution in [3.8, 4) is 0 Å². The minimum absolute atomic E-state index is 0.128. The number of rotatable bonds is 6. The van der Waals surface area contributed by atoms with Crippen molar-refractivity contribution in [2.75, 3.05) is 18.4 Å². The first-order valence-corrected chi connectivity index (χ1v) is 12.6. The van der Waals surface area contributed by atoms with Gasteiger partial charge in [0.1, 0.15) is 11.4 Å². The maximum absolute atomic E-state index is 13.9. The number of carbonyl (C=O) groups excluding carboxylic acids is 2. The third-order valence-corrected chi connectivity index (χ3v) is 7.12. The Bertz CT molecular complexity index is 1420. The van der Waals surface area contributed by atoms with Gasteiger partial charge in [0.25, 0.3) is 5.91 Å². The second kappa shape index (κ2) is 10.1. The average molecular weight is 498 g/mol. The molecule has 1 aliphatic rings. The molecule has 190 valence electrons. The third kappa shape index (κ3) is 4.97. The van der Waals surface area contributed by atoms with E-state index in [9.17, 15) is 14.7 Å². The molecule has 1 fully saturated rings. The van der Waals surface area contributed by atoms with Gasteiger partial charge in [-0.1, -0.05) is 43.3 Å². The highest BCUT2D eigenvalue weighted by Gasteiger charge is 2.37. The SMILES string of the molecule is CCC(=O)Nc1cc(C(=O)N2CCC(O)(c3ccccn3)CC2)c2c(c1)nc(Cc1ccccc1)n2C. The number of anilines is 1. The van der Waals surface area contributed by atoms with E-state index >= 15 is 0 Å². The van der Waals surface area contributed by atoms with Crippen LogP contribution < -0.4 is 5.32 Å². The number of likely N-dealkylation sites (tertiary alicyclic amines) is 1. The van der Waals surface area contributed by atoms with E-state index in [0.717, 1.165) is 16.9 Å². The number of imidazole rings is 1. The Labute approximate surface area is 216 Å².